The van der Waals surface area contributed by atoms with Gasteiger partial charge in [0, 0.05) is 37.4 Å². The third-order valence-electron chi connectivity index (χ3n) is 4.26. The molecule has 0 spiro atoms. The number of carbonyl (C=O) groups excluding carboxylic acids is 2. The Bertz CT molecular complexity index is 606. The number of benzene rings is 1. The number of rotatable bonds is 4. The highest BCUT2D eigenvalue weighted by molar-refractivity contribution is 5.88. The number of methoxy groups -OCH3 is 1. The van der Waals surface area contributed by atoms with Crippen LogP contribution < -0.4 is 4.74 Å². The molecule has 110 valence electrons. The molecule has 0 aromatic heterocycles. The highest BCUT2D eigenvalue weighted by atomic mass is 16.5. The summed E-state index contributed by atoms with van der Waals surface area (Å²) in [6.07, 6.45) is 4.15. The molecule has 1 atom stereocenters. The van der Waals surface area contributed by atoms with Gasteiger partial charge in [0.2, 0.25) is 5.91 Å². The van der Waals surface area contributed by atoms with E-state index in [9.17, 15) is 9.59 Å². The smallest absolute Gasteiger partial charge is 0.227 e. The average Bonchev–Trinajstić information content (AvgIpc) is 2.80. The summed E-state index contributed by atoms with van der Waals surface area (Å²) in [4.78, 5) is 25.5. The van der Waals surface area contributed by atoms with Crippen molar-refractivity contribution in [3.63, 3.8) is 0 Å². The Labute approximate surface area is 124 Å². The molecule has 1 aromatic rings. The van der Waals surface area contributed by atoms with E-state index < -0.39 is 0 Å². The SMILES string of the molecule is COc1ccccc1CCN1C(=O)CC2CC(=O)CC=C21. The molecule has 21 heavy (non-hydrogen) atoms. The Hall–Kier alpha value is -2.10. The van der Waals surface area contributed by atoms with E-state index in [-0.39, 0.29) is 17.6 Å². The van der Waals surface area contributed by atoms with Crippen LogP contribution in [0.3, 0.4) is 0 Å². The molecule has 1 heterocycles. The highest BCUT2D eigenvalue weighted by Gasteiger charge is 2.37. The molecule has 0 saturated carbocycles. The molecule has 1 amide bonds. The van der Waals surface area contributed by atoms with E-state index in [0.29, 0.717) is 25.8 Å². The normalized spacial score (nSPS) is 21.3. The van der Waals surface area contributed by atoms with Crippen molar-refractivity contribution in [2.45, 2.75) is 25.7 Å². The molecular formula is C17H19NO3. The zero-order valence-electron chi connectivity index (χ0n) is 12.2. The van der Waals surface area contributed by atoms with E-state index in [1.54, 1.807) is 7.11 Å². The third-order valence-corrected chi connectivity index (χ3v) is 4.26. The molecule has 0 N–H and O–H groups in total. The van der Waals surface area contributed by atoms with Gasteiger partial charge in [-0.1, -0.05) is 24.3 Å². The lowest BCUT2D eigenvalue weighted by atomic mass is 9.91. The van der Waals surface area contributed by atoms with Crippen molar-refractivity contribution in [1.82, 2.24) is 4.90 Å². The number of fused-ring (bicyclic) bond motifs is 1. The fourth-order valence-corrected chi connectivity index (χ4v) is 3.22. The van der Waals surface area contributed by atoms with Gasteiger partial charge in [0.1, 0.15) is 11.5 Å². The van der Waals surface area contributed by atoms with Gasteiger partial charge in [-0.05, 0) is 18.1 Å². The predicted molar refractivity (Wildman–Crippen MR) is 78.8 cm³/mol. The van der Waals surface area contributed by atoms with Crippen LogP contribution in [0.2, 0.25) is 0 Å². The number of hydrogen-bond acceptors (Lipinski definition) is 3. The first-order chi connectivity index (χ1) is 10.2. The van der Waals surface area contributed by atoms with Crippen LogP contribution in [0, 0.1) is 5.92 Å². The first kappa shape index (κ1) is 13.9. The van der Waals surface area contributed by atoms with Crippen LogP contribution in [0.15, 0.2) is 36.0 Å². The topological polar surface area (TPSA) is 46.6 Å². The van der Waals surface area contributed by atoms with Crippen molar-refractivity contribution in [2.75, 3.05) is 13.7 Å². The van der Waals surface area contributed by atoms with E-state index in [2.05, 4.69) is 0 Å². The monoisotopic (exact) mass is 285 g/mol. The second-order valence-electron chi connectivity index (χ2n) is 5.58. The fourth-order valence-electron chi connectivity index (χ4n) is 3.22. The van der Waals surface area contributed by atoms with Crippen LogP contribution in [-0.4, -0.2) is 30.2 Å². The van der Waals surface area contributed by atoms with Crippen LogP contribution in [0.4, 0.5) is 0 Å². The molecule has 4 heteroatoms. The molecule has 1 aromatic carbocycles. The van der Waals surface area contributed by atoms with Crippen molar-refractivity contribution in [3.8, 4) is 5.75 Å². The molecule has 1 aliphatic carbocycles. The standard InChI is InChI=1S/C17H19NO3/c1-21-16-5-3-2-4-12(16)8-9-18-15-7-6-14(19)10-13(15)11-17(18)20/h2-5,7,13H,6,8-11H2,1H3. The first-order valence-electron chi connectivity index (χ1n) is 7.33. The summed E-state index contributed by atoms with van der Waals surface area (Å²) in [6.45, 7) is 0.649. The molecule has 2 aliphatic rings. The molecule has 0 radical (unpaired) electrons. The van der Waals surface area contributed by atoms with E-state index in [4.69, 9.17) is 4.74 Å². The minimum atomic E-state index is 0.108. The lowest BCUT2D eigenvalue weighted by Crippen LogP contribution is -2.27. The number of allylic oxidation sites excluding steroid dienone is 2. The second-order valence-corrected chi connectivity index (χ2v) is 5.58. The number of ether oxygens (including phenoxy) is 1. The van der Waals surface area contributed by atoms with E-state index >= 15 is 0 Å². The van der Waals surface area contributed by atoms with Gasteiger partial charge < -0.3 is 9.64 Å². The van der Waals surface area contributed by atoms with Crippen LogP contribution >= 0.6 is 0 Å². The van der Waals surface area contributed by atoms with Crippen molar-refractivity contribution < 1.29 is 14.3 Å². The van der Waals surface area contributed by atoms with Gasteiger partial charge in [-0.3, -0.25) is 9.59 Å². The molecule has 3 rings (SSSR count). The zero-order valence-corrected chi connectivity index (χ0v) is 12.2. The van der Waals surface area contributed by atoms with E-state index in [1.807, 2.05) is 35.2 Å². The van der Waals surface area contributed by atoms with Crippen LogP contribution in [-0.2, 0) is 16.0 Å². The average molecular weight is 285 g/mol. The first-order valence-corrected chi connectivity index (χ1v) is 7.33. The molecule has 1 saturated heterocycles. The van der Waals surface area contributed by atoms with Gasteiger partial charge in [0.25, 0.3) is 0 Å². The molecule has 1 unspecified atom stereocenters. The minimum Gasteiger partial charge on any atom is -0.496 e. The number of hydrogen-bond donors (Lipinski definition) is 0. The van der Waals surface area contributed by atoms with Crippen molar-refractivity contribution in [3.05, 3.63) is 41.6 Å². The molecule has 0 bridgehead atoms. The molecule has 1 fully saturated rings. The van der Waals surface area contributed by atoms with Gasteiger partial charge in [0.05, 0.1) is 7.11 Å². The van der Waals surface area contributed by atoms with Crippen molar-refractivity contribution in [2.24, 2.45) is 5.92 Å². The van der Waals surface area contributed by atoms with Gasteiger partial charge in [-0.15, -0.1) is 0 Å². The van der Waals surface area contributed by atoms with Gasteiger partial charge in [-0.2, -0.15) is 0 Å². The Morgan fingerprint density at radius 1 is 1.24 bits per heavy atom. The Balaban J connectivity index is 1.73. The predicted octanol–water partition coefficient (Wildman–Crippen LogP) is 2.33. The Morgan fingerprint density at radius 3 is 2.86 bits per heavy atom. The number of amides is 1. The summed E-state index contributed by atoms with van der Waals surface area (Å²) in [5, 5.41) is 0. The highest BCUT2D eigenvalue weighted by Crippen LogP contribution is 2.35. The van der Waals surface area contributed by atoms with Crippen molar-refractivity contribution >= 4 is 11.7 Å². The number of carbonyl (C=O) groups is 2. The summed E-state index contributed by atoms with van der Waals surface area (Å²) in [7, 11) is 1.66. The van der Waals surface area contributed by atoms with E-state index in [0.717, 1.165) is 23.4 Å². The maximum Gasteiger partial charge on any atom is 0.227 e. The van der Waals surface area contributed by atoms with Crippen molar-refractivity contribution in [1.29, 1.82) is 0 Å². The summed E-state index contributed by atoms with van der Waals surface area (Å²) in [5.74, 6) is 1.34. The Morgan fingerprint density at radius 2 is 2.05 bits per heavy atom. The summed E-state index contributed by atoms with van der Waals surface area (Å²) < 4.78 is 5.35. The third kappa shape index (κ3) is 2.71. The number of para-hydroxylation sites is 1. The van der Waals surface area contributed by atoms with Gasteiger partial charge in [-0.25, -0.2) is 0 Å². The maximum absolute atomic E-state index is 12.2. The quantitative estimate of drug-likeness (QED) is 0.853. The molecule has 4 nitrogen and oxygen atoms in total. The van der Waals surface area contributed by atoms with Gasteiger partial charge >= 0.3 is 0 Å². The maximum atomic E-state index is 12.2. The lowest BCUT2D eigenvalue weighted by Gasteiger charge is -2.23. The summed E-state index contributed by atoms with van der Waals surface area (Å²) >= 11 is 0. The Kier molecular flexibility index (Phi) is 3.78. The number of Topliss-reactive ketones (excluding diaryl/α,β-unsaturated/α-hetero) is 1. The van der Waals surface area contributed by atoms with Crippen LogP contribution in [0.25, 0.3) is 0 Å². The fraction of sp³-hybridized carbons (Fsp3) is 0.412. The largest absolute Gasteiger partial charge is 0.496 e. The summed E-state index contributed by atoms with van der Waals surface area (Å²) in [6, 6.07) is 7.87. The van der Waals surface area contributed by atoms with Crippen LogP contribution in [0.5, 0.6) is 5.75 Å². The van der Waals surface area contributed by atoms with E-state index in [1.165, 1.54) is 0 Å². The zero-order chi connectivity index (χ0) is 14.8. The lowest BCUT2D eigenvalue weighted by molar-refractivity contribution is -0.126. The van der Waals surface area contributed by atoms with Gasteiger partial charge in [0.15, 0.2) is 0 Å². The molecule has 1 aliphatic heterocycles. The number of ketones is 1. The summed E-state index contributed by atoms with van der Waals surface area (Å²) in [5.41, 5.74) is 2.15. The van der Waals surface area contributed by atoms with Crippen LogP contribution in [0.1, 0.15) is 24.8 Å². The second kappa shape index (κ2) is 5.72. The molecular weight excluding hydrogens is 266 g/mol. The minimum absolute atomic E-state index is 0.108. The number of nitrogens with zero attached hydrogens (tertiary/aromatic N) is 1. The number of likely N-dealkylation sites (tertiary alicyclic amines) is 1.